The van der Waals surface area contributed by atoms with E-state index in [9.17, 15) is 14.4 Å². The van der Waals surface area contributed by atoms with Gasteiger partial charge in [0.2, 0.25) is 5.91 Å². The van der Waals surface area contributed by atoms with Crippen LogP contribution in [0.2, 0.25) is 0 Å². The maximum Gasteiger partial charge on any atom is 0.356 e. The molecule has 0 bridgehead atoms. The van der Waals surface area contributed by atoms with Gasteiger partial charge in [0.15, 0.2) is 5.69 Å². The van der Waals surface area contributed by atoms with Gasteiger partial charge in [-0.05, 0) is 19.1 Å². The van der Waals surface area contributed by atoms with Gasteiger partial charge in [0.1, 0.15) is 6.04 Å². The van der Waals surface area contributed by atoms with Crippen LogP contribution in [0.25, 0.3) is 0 Å². The van der Waals surface area contributed by atoms with Crippen LogP contribution in [0.1, 0.15) is 17.4 Å². The lowest BCUT2D eigenvalue weighted by molar-refractivity contribution is -0.130. The highest BCUT2D eigenvalue weighted by Crippen LogP contribution is 2.11. The average Bonchev–Trinajstić information content (AvgIpc) is 2.37. The summed E-state index contributed by atoms with van der Waals surface area (Å²) in [4.78, 5) is 39.2. The van der Waals surface area contributed by atoms with E-state index in [-0.39, 0.29) is 17.3 Å². The number of carboxylic acids is 1. The topological polar surface area (TPSA) is 112 Å². The van der Waals surface area contributed by atoms with Crippen molar-refractivity contribution in [2.75, 3.05) is 19.4 Å². The molecule has 0 aliphatic rings. The number of carboxylic acid groups (broad SMARTS) is 1. The Morgan fingerprint density at radius 1 is 1.35 bits per heavy atom. The molecule has 0 aliphatic carbocycles. The second-order valence-corrected chi connectivity index (χ2v) is 4.26. The zero-order valence-electron chi connectivity index (χ0n) is 11.4. The van der Waals surface area contributed by atoms with E-state index in [4.69, 9.17) is 5.11 Å². The lowest BCUT2D eigenvalue weighted by Gasteiger charge is -2.18. The molecule has 0 radical (unpaired) electrons. The number of amides is 3. The molecule has 1 atom stereocenters. The maximum absolute atomic E-state index is 11.7. The Labute approximate surface area is 115 Å². The van der Waals surface area contributed by atoms with Gasteiger partial charge in [-0.1, -0.05) is 0 Å². The molecule has 3 N–H and O–H groups in total. The lowest BCUT2D eigenvalue weighted by Crippen LogP contribution is -2.45. The zero-order valence-corrected chi connectivity index (χ0v) is 11.4. The highest BCUT2D eigenvalue weighted by Gasteiger charge is 2.18. The number of aromatic carboxylic acids is 1. The van der Waals surface area contributed by atoms with Crippen molar-refractivity contribution < 1.29 is 19.5 Å². The molecule has 20 heavy (non-hydrogen) atoms. The van der Waals surface area contributed by atoms with Crippen molar-refractivity contribution in [2.24, 2.45) is 0 Å². The van der Waals surface area contributed by atoms with Gasteiger partial charge >= 0.3 is 12.0 Å². The molecule has 108 valence electrons. The molecule has 1 aromatic rings. The number of nitrogens with one attached hydrogen (secondary N) is 2. The van der Waals surface area contributed by atoms with Crippen LogP contribution in [0.15, 0.2) is 18.3 Å². The highest BCUT2D eigenvalue weighted by molar-refractivity contribution is 5.99. The molecule has 0 saturated carbocycles. The number of carbonyl (C=O) groups excluding carboxylic acids is 2. The highest BCUT2D eigenvalue weighted by atomic mass is 16.4. The lowest BCUT2D eigenvalue weighted by atomic mass is 10.3. The predicted octanol–water partition coefficient (Wildman–Crippen LogP) is 0.378. The minimum absolute atomic E-state index is 0.0574. The number of likely N-dealkylation sites (N-methyl/N-ethyl adjacent to an activating group) is 1. The van der Waals surface area contributed by atoms with Gasteiger partial charge in [0.05, 0.1) is 5.69 Å². The molecule has 3 amide bonds. The Morgan fingerprint density at radius 2 is 2.00 bits per heavy atom. The van der Waals surface area contributed by atoms with Crippen LogP contribution in [0.5, 0.6) is 0 Å². The van der Waals surface area contributed by atoms with Crippen molar-refractivity contribution in [1.29, 1.82) is 0 Å². The summed E-state index contributed by atoms with van der Waals surface area (Å²) in [5, 5.41) is 13.7. The SMILES string of the molecule is CC(NC(=O)Nc1cccnc1C(=O)O)C(=O)N(C)C. The van der Waals surface area contributed by atoms with Crippen LogP contribution in [0, 0.1) is 0 Å². The quantitative estimate of drug-likeness (QED) is 0.738. The number of rotatable bonds is 4. The van der Waals surface area contributed by atoms with Crippen molar-refractivity contribution in [3.8, 4) is 0 Å². The van der Waals surface area contributed by atoms with Crippen molar-refractivity contribution in [1.82, 2.24) is 15.2 Å². The summed E-state index contributed by atoms with van der Waals surface area (Å²) in [6.07, 6.45) is 1.31. The fourth-order valence-electron chi connectivity index (χ4n) is 1.48. The molecule has 1 rings (SSSR count). The number of hydrogen-bond acceptors (Lipinski definition) is 4. The molecule has 1 aromatic heterocycles. The van der Waals surface area contributed by atoms with Crippen molar-refractivity contribution in [2.45, 2.75) is 13.0 Å². The second-order valence-electron chi connectivity index (χ2n) is 4.26. The number of hydrogen-bond donors (Lipinski definition) is 3. The van der Waals surface area contributed by atoms with E-state index in [1.54, 1.807) is 14.1 Å². The fraction of sp³-hybridized carbons (Fsp3) is 0.333. The first-order chi connectivity index (χ1) is 9.32. The first-order valence-electron chi connectivity index (χ1n) is 5.80. The maximum atomic E-state index is 11.7. The monoisotopic (exact) mass is 280 g/mol. The van der Waals surface area contributed by atoms with E-state index in [0.29, 0.717) is 0 Å². The molecule has 0 spiro atoms. The molecule has 1 heterocycles. The third-order valence-electron chi connectivity index (χ3n) is 2.42. The van der Waals surface area contributed by atoms with Crippen LogP contribution in [0.4, 0.5) is 10.5 Å². The van der Waals surface area contributed by atoms with Crippen LogP contribution in [0.3, 0.4) is 0 Å². The Bertz CT molecular complexity index is 530. The van der Waals surface area contributed by atoms with Crippen LogP contribution < -0.4 is 10.6 Å². The molecule has 0 aromatic carbocycles. The van der Waals surface area contributed by atoms with E-state index in [1.807, 2.05) is 0 Å². The number of anilines is 1. The molecular weight excluding hydrogens is 264 g/mol. The number of nitrogens with zero attached hydrogens (tertiary/aromatic N) is 2. The zero-order chi connectivity index (χ0) is 15.3. The normalized spacial score (nSPS) is 11.3. The minimum Gasteiger partial charge on any atom is -0.476 e. The van der Waals surface area contributed by atoms with E-state index < -0.39 is 18.0 Å². The van der Waals surface area contributed by atoms with Crippen molar-refractivity contribution in [3.05, 3.63) is 24.0 Å². The molecule has 8 heteroatoms. The summed E-state index contributed by atoms with van der Waals surface area (Å²) in [6.45, 7) is 1.53. The van der Waals surface area contributed by atoms with E-state index >= 15 is 0 Å². The minimum atomic E-state index is -1.25. The summed E-state index contributed by atoms with van der Waals surface area (Å²) in [5.41, 5.74) is -0.212. The van der Waals surface area contributed by atoms with Gasteiger partial charge in [-0.15, -0.1) is 0 Å². The predicted molar refractivity (Wildman–Crippen MR) is 71.5 cm³/mol. The second kappa shape index (κ2) is 6.50. The van der Waals surface area contributed by atoms with Gasteiger partial charge in [-0.3, -0.25) is 4.79 Å². The van der Waals surface area contributed by atoms with Gasteiger partial charge < -0.3 is 20.6 Å². The fourth-order valence-corrected chi connectivity index (χ4v) is 1.48. The van der Waals surface area contributed by atoms with E-state index in [2.05, 4.69) is 15.6 Å². The van der Waals surface area contributed by atoms with Crippen LogP contribution >= 0.6 is 0 Å². The summed E-state index contributed by atoms with van der Waals surface area (Å²) in [6, 6.07) is 1.50. The molecular formula is C12H16N4O4. The number of pyridine rings is 1. The van der Waals surface area contributed by atoms with Gasteiger partial charge in [-0.2, -0.15) is 0 Å². The number of aromatic nitrogens is 1. The number of urea groups is 1. The molecule has 0 aliphatic heterocycles. The smallest absolute Gasteiger partial charge is 0.356 e. The Balaban J connectivity index is 2.73. The summed E-state index contributed by atoms with van der Waals surface area (Å²) >= 11 is 0. The molecule has 0 fully saturated rings. The van der Waals surface area contributed by atoms with Gasteiger partial charge in [0.25, 0.3) is 0 Å². The Kier molecular flexibility index (Phi) is 5.01. The number of carbonyl (C=O) groups is 3. The van der Waals surface area contributed by atoms with Gasteiger partial charge in [0, 0.05) is 20.3 Å². The van der Waals surface area contributed by atoms with E-state index in [0.717, 1.165) is 0 Å². The first-order valence-corrected chi connectivity index (χ1v) is 5.80. The Hall–Kier alpha value is -2.64. The summed E-state index contributed by atoms with van der Waals surface area (Å²) < 4.78 is 0. The average molecular weight is 280 g/mol. The molecule has 1 unspecified atom stereocenters. The molecule has 0 saturated heterocycles. The van der Waals surface area contributed by atoms with Crippen molar-refractivity contribution >= 4 is 23.6 Å². The van der Waals surface area contributed by atoms with Crippen LogP contribution in [-0.2, 0) is 4.79 Å². The third-order valence-corrected chi connectivity index (χ3v) is 2.42. The Morgan fingerprint density at radius 3 is 2.55 bits per heavy atom. The van der Waals surface area contributed by atoms with Crippen LogP contribution in [-0.4, -0.2) is 53.0 Å². The summed E-state index contributed by atoms with van der Waals surface area (Å²) in [5.74, 6) is -1.52. The van der Waals surface area contributed by atoms with Crippen molar-refractivity contribution in [3.63, 3.8) is 0 Å². The standard InChI is InChI=1S/C12H16N4O4/c1-7(10(17)16(2)3)14-12(20)15-8-5-4-6-13-9(8)11(18)19/h4-7H,1-3H3,(H,18,19)(H2,14,15,20). The third kappa shape index (κ3) is 3.94. The van der Waals surface area contributed by atoms with E-state index in [1.165, 1.54) is 30.2 Å². The molecule has 8 nitrogen and oxygen atoms in total. The van der Waals surface area contributed by atoms with Gasteiger partial charge in [-0.25, -0.2) is 14.6 Å². The first kappa shape index (κ1) is 15.4. The largest absolute Gasteiger partial charge is 0.476 e. The summed E-state index contributed by atoms with van der Waals surface area (Å²) in [7, 11) is 3.14.